The second-order valence-corrected chi connectivity index (χ2v) is 5.25. The van der Waals surface area contributed by atoms with Gasteiger partial charge in [-0.15, -0.1) is 0 Å². The molecule has 0 atom stereocenters. The maximum Gasteiger partial charge on any atom is 0.119 e. The van der Waals surface area contributed by atoms with Gasteiger partial charge in [-0.25, -0.2) is 0 Å². The molecule has 0 radical (unpaired) electrons. The van der Waals surface area contributed by atoms with Gasteiger partial charge in [0.1, 0.15) is 5.75 Å². The van der Waals surface area contributed by atoms with Gasteiger partial charge in [0.2, 0.25) is 0 Å². The van der Waals surface area contributed by atoms with Crippen LogP contribution in [0, 0.1) is 16.7 Å². The lowest BCUT2D eigenvalue weighted by Gasteiger charge is -2.35. The Morgan fingerprint density at radius 3 is 2.58 bits per heavy atom. The molecule has 0 amide bonds. The first-order chi connectivity index (χ1) is 9.28. The van der Waals surface area contributed by atoms with Crippen LogP contribution in [0.2, 0.25) is 0 Å². The van der Waals surface area contributed by atoms with E-state index in [1.54, 1.807) is 0 Å². The number of hydrogen-bond donors (Lipinski definition) is 1. The summed E-state index contributed by atoms with van der Waals surface area (Å²) in [7, 11) is 0. The van der Waals surface area contributed by atoms with Crippen LogP contribution in [0.1, 0.15) is 31.7 Å². The first kappa shape index (κ1) is 13.9. The van der Waals surface area contributed by atoms with Crippen LogP contribution in [0.4, 0.5) is 0 Å². The fourth-order valence-electron chi connectivity index (χ4n) is 2.41. The van der Waals surface area contributed by atoms with Crippen molar-refractivity contribution in [3.8, 4) is 11.8 Å². The predicted molar refractivity (Wildman–Crippen MR) is 76.1 cm³/mol. The van der Waals surface area contributed by atoms with E-state index >= 15 is 0 Å². The van der Waals surface area contributed by atoms with Crippen LogP contribution in [0.5, 0.6) is 5.75 Å². The Balaban J connectivity index is 1.69. The molecule has 1 aliphatic rings. The molecule has 0 aliphatic heterocycles. The van der Waals surface area contributed by atoms with Gasteiger partial charge < -0.3 is 10.1 Å². The van der Waals surface area contributed by atoms with Crippen molar-refractivity contribution in [1.29, 1.82) is 5.26 Å². The van der Waals surface area contributed by atoms with Crippen molar-refractivity contribution in [2.24, 2.45) is 5.41 Å². The Morgan fingerprint density at radius 2 is 2.05 bits per heavy atom. The molecule has 0 aromatic heterocycles. The number of benzene rings is 1. The third-order valence-corrected chi connectivity index (χ3v) is 3.84. The van der Waals surface area contributed by atoms with E-state index in [1.807, 2.05) is 19.1 Å². The fraction of sp³-hybridized carbons (Fsp3) is 0.562. The van der Waals surface area contributed by atoms with E-state index < -0.39 is 0 Å². The van der Waals surface area contributed by atoms with Crippen molar-refractivity contribution in [2.75, 3.05) is 19.7 Å². The fourth-order valence-corrected chi connectivity index (χ4v) is 2.41. The van der Waals surface area contributed by atoms with Gasteiger partial charge >= 0.3 is 0 Å². The average molecular weight is 258 g/mol. The summed E-state index contributed by atoms with van der Waals surface area (Å²) in [4.78, 5) is 0. The highest BCUT2D eigenvalue weighted by molar-refractivity contribution is 5.27. The largest absolute Gasteiger partial charge is 0.494 e. The molecule has 0 bridgehead atoms. The van der Waals surface area contributed by atoms with Crippen LogP contribution in [-0.4, -0.2) is 19.7 Å². The molecule has 0 unspecified atom stereocenters. The number of nitrogens with one attached hydrogen (secondary N) is 1. The van der Waals surface area contributed by atoms with Crippen LogP contribution in [0.25, 0.3) is 0 Å². The van der Waals surface area contributed by atoms with Crippen molar-refractivity contribution in [1.82, 2.24) is 5.32 Å². The van der Waals surface area contributed by atoms with Gasteiger partial charge in [0, 0.05) is 6.54 Å². The standard InChI is InChI=1S/C16H22N2O/c1-2-19-15-6-4-14(5-7-15)8-11-18-13-16(12-17)9-3-10-16/h4-7,18H,2-3,8-11,13H2,1H3. The monoisotopic (exact) mass is 258 g/mol. The zero-order valence-electron chi connectivity index (χ0n) is 11.6. The van der Waals surface area contributed by atoms with Crippen LogP contribution < -0.4 is 10.1 Å². The lowest BCUT2D eigenvalue weighted by molar-refractivity contribution is 0.208. The van der Waals surface area contributed by atoms with E-state index in [4.69, 9.17) is 10.00 Å². The molecule has 19 heavy (non-hydrogen) atoms. The number of ether oxygens (including phenoxy) is 1. The Kier molecular flexibility index (Phi) is 4.81. The highest BCUT2D eigenvalue weighted by atomic mass is 16.5. The molecule has 1 aromatic carbocycles. The van der Waals surface area contributed by atoms with Gasteiger partial charge in [-0.05, 0) is 50.4 Å². The summed E-state index contributed by atoms with van der Waals surface area (Å²) >= 11 is 0. The second kappa shape index (κ2) is 6.58. The Morgan fingerprint density at radius 1 is 1.32 bits per heavy atom. The van der Waals surface area contributed by atoms with Gasteiger partial charge in [0.25, 0.3) is 0 Å². The SMILES string of the molecule is CCOc1ccc(CCNCC2(C#N)CCC2)cc1. The highest BCUT2D eigenvalue weighted by Crippen LogP contribution is 2.39. The molecule has 102 valence electrons. The van der Waals surface area contributed by atoms with Gasteiger partial charge in [0.15, 0.2) is 0 Å². The Hall–Kier alpha value is -1.53. The number of nitriles is 1. The molecule has 3 heteroatoms. The summed E-state index contributed by atoms with van der Waals surface area (Å²) in [5.41, 5.74) is 1.23. The molecule has 1 aliphatic carbocycles. The molecule has 1 N–H and O–H groups in total. The van der Waals surface area contributed by atoms with E-state index in [0.29, 0.717) is 6.61 Å². The summed E-state index contributed by atoms with van der Waals surface area (Å²) in [6.07, 6.45) is 4.31. The summed E-state index contributed by atoms with van der Waals surface area (Å²) in [6.45, 7) is 4.46. The maximum absolute atomic E-state index is 9.13. The first-order valence-electron chi connectivity index (χ1n) is 7.12. The van der Waals surface area contributed by atoms with Gasteiger partial charge in [-0.1, -0.05) is 18.6 Å². The molecular formula is C16H22N2O. The molecule has 2 rings (SSSR count). The zero-order chi connectivity index (χ0) is 13.6. The topological polar surface area (TPSA) is 45.0 Å². The van der Waals surface area contributed by atoms with E-state index in [0.717, 1.165) is 38.1 Å². The molecule has 1 fully saturated rings. The normalized spacial score (nSPS) is 16.4. The molecule has 0 heterocycles. The van der Waals surface area contributed by atoms with Crippen LogP contribution in [0.3, 0.4) is 0 Å². The van der Waals surface area contributed by atoms with Crippen LogP contribution in [0.15, 0.2) is 24.3 Å². The summed E-state index contributed by atoms with van der Waals surface area (Å²) < 4.78 is 5.42. The third-order valence-electron chi connectivity index (χ3n) is 3.84. The number of hydrogen-bond acceptors (Lipinski definition) is 3. The summed E-state index contributed by atoms with van der Waals surface area (Å²) in [5.74, 6) is 0.928. The van der Waals surface area contributed by atoms with Crippen molar-refractivity contribution in [3.05, 3.63) is 29.8 Å². The van der Waals surface area contributed by atoms with Gasteiger partial charge in [-0.2, -0.15) is 5.26 Å². The van der Waals surface area contributed by atoms with Gasteiger partial charge in [0.05, 0.1) is 18.1 Å². The van der Waals surface area contributed by atoms with Crippen molar-refractivity contribution < 1.29 is 4.74 Å². The molecule has 0 spiro atoms. The van der Waals surface area contributed by atoms with E-state index in [1.165, 1.54) is 12.0 Å². The Labute approximate surface area is 115 Å². The molecule has 0 saturated heterocycles. The number of rotatable bonds is 7. The van der Waals surface area contributed by atoms with Crippen LogP contribution in [-0.2, 0) is 6.42 Å². The first-order valence-corrected chi connectivity index (χ1v) is 7.12. The molecular weight excluding hydrogens is 236 g/mol. The van der Waals surface area contributed by atoms with Gasteiger partial charge in [-0.3, -0.25) is 0 Å². The third kappa shape index (κ3) is 3.71. The minimum absolute atomic E-state index is 0.0706. The van der Waals surface area contributed by atoms with Crippen molar-refractivity contribution in [2.45, 2.75) is 32.6 Å². The maximum atomic E-state index is 9.13. The smallest absolute Gasteiger partial charge is 0.119 e. The lowest BCUT2D eigenvalue weighted by Crippen LogP contribution is -2.39. The number of nitrogens with zero attached hydrogens (tertiary/aromatic N) is 1. The average Bonchev–Trinajstić information content (AvgIpc) is 2.39. The zero-order valence-corrected chi connectivity index (χ0v) is 11.6. The van der Waals surface area contributed by atoms with E-state index in [-0.39, 0.29) is 5.41 Å². The van der Waals surface area contributed by atoms with Crippen molar-refractivity contribution >= 4 is 0 Å². The minimum atomic E-state index is -0.0706. The Bertz CT molecular complexity index is 429. The lowest BCUT2D eigenvalue weighted by atomic mass is 9.70. The summed E-state index contributed by atoms with van der Waals surface area (Å²) in [5, 5.41) is 12.5. The molecule has 1 saturated carbocycles. The molecule has 1 aromatic rings. The van der Waals surface area contributed by atoms with Crippen LogP contribution >= 0.6 is 0 Å². The quantitative estimate of drug-likeness (QED) is 0.765. The highest BCUT2D eigenvalue weighted by Gasteiger charge is 2.36. The molecule has 3 nitrogen and oxygen atoms in total. The van der Waals surface area contributed by atoms with Crippen molar-refractivity contribution in [3.63, 3.8) is 0 Å². The summed E-state index contributed by atoms with van der Waals surface area (Å²) in [6, 6.07) is 10.7. The van der Waals surface area contributed by atoms with E-state index in [9.17, 15) is 0 Å². The van der Waals surface area contributed by atoms with E-state index in [2.05, 4.69) is 23.5 Å². The second-order valence-electron chi connectivity index (χ2n) is 5.25. The predicted octanol–water partition coefficient (Wildman–Crippen LogP) is 2.91. The minimum Gasteiger partial charge on any atom is -0.494 e.